The maximum Gasteiger partial charge on any atom is 0.275 e. The molecular formula is C22H22ClFIN3O5. The third-order valence-electron chi connectivity index (χ3n) is 6.38. The van der Waals surface area contributed by atoms with Crippen molar-refractivity contribution in [3.05, 3.63) is 62.3 Å². The summed E-state index contributed by atoms with van der Waals surface area (Å²) in [5, 5.41) is 2.49. The van der Waals surface area contributed by atoms with Gasteiger partial charge in [-0.05, 0) is 25.8 Å². The molecule has 2 amide bonds. The van der Waals surface area contributed by atoms with Crippen LogP contribution in [0.25, 0.3) is 0 Å². The minimum Gasteiger partial charge on any atom is -0.421 e. The Kier molecular flexibility index (Phi) is 6.70. The highest BCUT2D eigenvalue weighted by atomic mass is 127. The lowest BCUT2D eigenvalue weighted by molar-refractivity contribution is -0.0909. The van der Waals surface area contributed by atoms with E-state index in [1.807, 2.05) is 6.92 Å². The number of aromatic nitrogens is 1. The molecule has 2 heterocycles. The van der Waals surface area contributed by atoms with Crippen LogP contribution in [0.3, 0.4) is 0 Å². The molecule has 1 spiro atoms. The second kappa shape index (κ2) is 9.22. The zero-order valence-electron chi connectivity index (χ0n) is 18.0. The Morgan fingerprint density at radius 1 is 1.36 bits per heavy atom. The Balaban J connectivity index is 1.68. The predicted molar refractivity (Wildman–Crippen MR) is 127 cm³/mol. The summed E-state index contributed by atoms with van der Waals surface area (Å²) >= 11 is 7.33. The number of hydrogen-bond acceptors (Lipinski definition) is 5. The van der Waals surface area contributed by atoms with Crippen molar-refractivity contribution in [2.24, 2.45) is 0 Å². The molecule has 1 saturated carbocycles. The minimum absolute atomic E-state index is 0.0449. The summed E-state index contributed by atoms with van der Waals surface area (Å²) in [5.74, 6) is -1.86. The van der Waals surface area contributed by atoms with Gasteiger partial charge in [-0.15, -0.1) is 0 Å². The standard InChI is InChI=1S/C22H22ClFIN3O5/c1-3-28-21(31)17-19(33-25)18(29)14(10-27(17)11-22(28)7-13(8-22)32-2)20(30)26-9-12-5-4-6-15(23)16(12)24/h4-6,10,13H,3,7-9,11H2,1-2H3,(H,26,30). The number of carbonyl (C=O) groups is 2. The van der Waals surface area contributed by atoms with Crippen molar-refractivity contribution in [1.29, 1.82) is 0 Å². The van der Waals surface area contributed by atoms with Crippen LogP contribution in [-0.2, 0) is 17.8 Å². The Morgan fingerprint density at radius 3 is 2.73 bits per heavy atom. The van der Waals surface area contributed by atoms with Gasteiger partial charge in [0.2, 0.25) is 11.2 Å². The number of likely N-dealkylation sites (N-methyl/N-ethyl adjacent to an activating group) is 1. The zero-order valence-corrected chi connectivity index (χ0v) is 20.9. The predicted octanol–water partition coefficient (Wildman–Crippen LogP) is 3.32. The number of nitrogens with one attached hydrogen (secondary N) is 1. The van der Waals surface area contributed by atoms with E-state index < -0.39 is 22.7 Å². The summed E-state index contributed by atoms with van der Waals surface area (Å²) in [5.41, 5.74) is -1.05. The summed E-state index contributed by atoms with van der Waals surface area (Å²) in [6, 6.07) is 4.47. The lowest BCUT2D eigenvalue weighted by Gasteiger charge is -2.56. The molecule has 33 heavy (non-hydrogen) atoms. The largest absolute Gasteiger partial charge is 0.421 e. The molecule has 2 aliphatic rings. The van der Waals surface area contributed by atoms with Gasteiger partial charge in [-0.3, -0.25) is 14.4 Å². The summed E-state index contributed by atoms with van der Waals surface area (Å²) in [7, 11) is 1.64. The summed E-state index contributed by atoms with van der Waals surface area (Å²) in [4.78, 5) is 41.0. The Labute approximate surface area is 208 Å². The highest BCUT2D eigenvalue weighted by Gasteiger charge is 2.54. The molecule has 0 atom stereocenters. The van der Waals surface area contributed by atoms with Crippen molar-refractivity contribution in [2.45, 2.75) is 44.5 Å². The fourth-order valence-corrected chi connectivity index (χ4v) is 5.30. The molecule has 1 fully saturated rings. The second-order valence-electron chi connectivity index (χ2n) is 8.19. The fourth-order valence-electron chi connectivity index (χ4n) is 4.70. The number of fused-ring (bicyclic) bond motifs is 1. The van der Waals surface area contributed by atoms with Crippen LogP contribution in [0.1, 0.15) is 46.2 Å². The number of ether oxygens (including phenoxy) is 1. The van der Waals surface area contributed by atoms with E-state index in [9.17, 15) is 18.8 Å². The molecule has 1 aromatic heterocycles. The lowest BCUT2D eigenvalue weighted by Crippen LogP contribution is -2.66. The van der Waals surface area contributed by atoms with E-state index in [0.29, 0.717) is 25.9 Å². The van der Waals surface area contributed by atoms with Crippen LogP contribution in [-0.4, -0.2) is 46.6 Å². The molecular weight excluding hydrogens is 568 g/mol. The second-order valence-corrected chi connectivity index (χ2v) is 9.04. The molecule has 2 aromatic rings. The normalized spacial score (nSPS) is 21.5. The maximum atomic E-state index is 14.2. The van der Waals surface area contributed by atoms with E-state index in [0.717, 1.165) is 0 Å². The third-order valence-corrected chi connectivity index (χ3v) is 7.11. The highest BCUT2D eigenvalue weighted by molar-refractivity contribution is 14.1. The number of halogens is 3. The van der Waals surface area contributed by atoms with Gasteiger partial charge in [-0.1, -0.05) is 23.7 Å². The van der Waals surface area contributed by atoms with Crippen molar-refractivity contribution in [3.8, 4) is 5.75 Å². The molecule has 1 N–H and O–H groups in total. The van der Waals surface area contributed by atoms with E-state index in [1.165, 1.54) is 41.3 Å². The number of carbonyl (C=O) groups excluding carboxylic acids is 2. The quantitative estimate of drug-likeness (QED) is 0.523. The lowest BCUT2D eigenvalue weighted by atomic mass is 9.71. The van der Waals surface area contributed by atoms with Crippen LogP contribution in [0.15, 0.2) is 29.2 Å². The van der Waals surface area contributed by atoms with Crippen LogP contribution >= 0.6 is 34.6 Å². The van der Waals surface area contributed by atoms with Crippen molar-refractivity contribution in [3.63, 3.8) is 0 Å². The molecule has 1 aromatic carbocycles. The molecule has 0 bridgehead atoms. The van der Waals surface area contributed by atoms with Gasteiger partial charge in [0.15, 0.2) is 28.7 Å². The number of hydrogen-bond donors (Lipinski definition) is 1. The fraction of sp³-hybridized carbons (Fsp3) is 0.409. The van der Waals surface area contributed by atoms with Gasteiger partial charge in [-0.2, -0.15) is 0 Å². The van der Waals surface area contributed by atoms with Crippen LogP contribution in [0.2, 0.25) is 5.02 Å². The van der Waals surface area contributed by atoms with E-state index in [-0.39, 0.29) is 46.1 Å². The van der Waals surface area contributed by atoms with Gasteiger partial charge in [0, 0.05) is 38.5 Å². The smallest absolute Gasteiger partial charge is 0.275 e. The molecule has 11 heteroatoms. The molecule has 1 aliphatic carbocycles. The minimum atomic E-state index is -0.705. The van der Waals surface area contributed by atoms with Gasteiger partial charge < -0.3 is 22.6 Å². The first-order valence-electron chi connectivity index (χ1n) is 10.4. The van der Waals surface area contributed by atoms with E-state index in [2.05, 4.69) is 5.32 Å². The third kappa shape index (κ3) is 4.01. The van der Waals surface area contributed by atoms with Crippen LogP contribution in [0.5, 0.6) is 5.75 Å². The van der Waals surface area contributed by atoms with Crippen molar-refractivity contribution < 1.29 is 21.8 Å². The maximum absolute atomic E-state index is 14.2. The average Bonchev–Trinajstić information content (AvgIpc) is 2.77. The van der Waals surface area contributed by atoms with E-state index in [1.54, 1.807) is 22.6 Å². The van der Waals surface area contributed by atoms with Gasteiger partial charge >= 0.3 is 0 Å². The Morgan fingerprint density at radius 2 is 2.09 bits per heavy atom. The molecule has 0 saturated heterocycles. The van der Waals surface area contributed by atoms with Crippen molar-refractivity contribution in [1.82, 2.24) is 14.8 Å². The number of methoxy groups -OCH3 is 1. The molecule has 1 aliphatic heterocycles. The molecule has 4 rings (SSSR count). The first kappa shape index (κ1) is 24.0. The zero-order chi connectivity index (χ0) is 23.9. The Bertz CT molecular complexity index is 1180. The Hall–Kier alpha value is -2.18. The number of nitrogens with zero attached hydrogens (tertiary/aromatic N) is 2. The van der Waals surface area contributed by atoms with Gasteiger partial charge in [0.25, 0.3) is 11.8 Å². The van der Waals surface area contributed by atoms with Gasteiger partial charge in [-0.25, -0.2) is 4.39 Å². The molecule has 8 nitrogen and oxygen atoms in total. The van der Waals surface area contributed by atoms with Crippen LogP contribution in [0.4, 0.5) is 4.39 Å². The van der Waals surface area contributed by atoms with Crippen molar-refractivity contribution >= 4 is 46.4 Å². The van der Waals surface area contributed by atoms with E-state index >= 15 is 0 Å². The SMILES string of the molecule is CCN1C(=O)c2c(OI)c(=O)c(C(=O)NCc3cccc(Cl)c3F)cn2CC12CC(OC)C2. The number of pyridine rings is 1. The topological polar surface area (TPSA) is 89.9 Å². The van der Waals surface area contributed by atoms with Crippen LogP contribution < -0.4 is 13.8 Å². The number of rotatable bonds is 6. The summed E-state index contributed by atoms with van der Waals surface area (Å²) < 4.78 is 26.5. The average molecular weight is 590 g/mol. The monoisotopic (exact) mass is 589 g/mol. The van der Waals surface area contributed by atoms with Gasteiger partial charge in [0.1, 0.15) is 11.4 Å². The first-order chi connectivity index (χ1) is 15.8. The van der Waals surface area contributed by atoms with Crippen molar-refractivity contribution in [2.75, 3.05) is 13.7 Å². The van der Waals surface area contributed by atoms with E-state index in [4.69, 9.17) is 19.4 Å². The molecule has 0 radical (unpaired) electrons. The molecule has 0 unspecified atom stereocenters. The van der Waals surface area contributed by atoms with Gasteiger partial charge in [0.05, 0.1) is 16.7 Å². The molecule has 176 valence electrons. The number of amides is 2. The highest BCUT2D eigenvalue weighted by Crippen LogP contribution is 2.45. The number of benzene rings is 1. The van der Waals surface area contributed by atoms with Crippen LogP contribution in [0, 0.1) is 5.82 Å². The summed E-state index contributed by atoms with van der Waals surface area (Å²) in [6.07, 6.45) is 2.74. The summed E-state index contributed by atoms with van der Waals surface area (Å²) in [6.45, 7) is 2.60. The first-order valence-corrected chi connectivity index (χ1v) is 11.6.